The predicted molar refractivity (Wildman–Crippen MR) is 56.5 cm³/mol. The number of carbonyl (C=O) groups excluding carboxylic acids is 1. The number of hydrogen-bond donors (Lipinski definition) is 1. The topological polar surface area (TPSA) is 58.8 Å². The maximum Gasteiger partial charge on any atom is 0.410 e. The number of amides is 1. The van der Waals surface area contributed by atoms with Crippen LogP contribution in [0, 0.1) is 0 Å². The van der Waals surface area contributed by atoms with Crippen LogP contribution in [0.3, 0.4) is 0 Å². The lowest BCUT2D eigenvalue weighted by Crippen LogP contribution is -2.39. The van der Waals surface area contributed by atoms with Crippen LogP contribution < -0.4 is 5.73 Å². The Balaban J connectivity index is 1.92. The Bertz CT molecular complexity index is 247. The van der Waals surface area contributed by atoms with Crippen molar-refractivity contribution in [2.45, 2.75) is 25.5 Å². The lowest BCUT2D eigenvalue weighted by Gasteiger charge is -2.21. The van der Waals surface area contributed by atoms with Crippen LogP contribution in [0.4, 0.5) is 4.79 Å². The van der Waals surface area contributed by atoms with Gasteiger partial charge in [0.15, 0.2) is 0 Å². The molecule has 2 N–H and O–H groups in total. The highest BCUT2D eigenvalue weighted by molar-refractivity contribution is 5.70. The number of nitrogens with zero attached hydrogens (tertiary/aromatic N) is 2. The molecule has 2 rings (SSSR count). The van der Waals surface area contributed by atoms with Gasteiger partial charge in [0.05, 0.1) is 6.54 Å². The smallest absolute Gasteiger partial charge is 0.410 e. The first-order valence-electron chi connectivity index (χ1n) is 5.64. The van der Waals surface area contributed by atoms with E-state index in [1.807, 2.05) is 4.90 Å². The molecule has 5 heteroatoms. The Hall–Kier alpha value is -0.810. The summed E-state index contributed by atoms with van der Waals surface area (Å²) in [5, 5.41) is 0. The van der Waals surface area contributed by atoms with Crippen LogP contribution >= 0.6 is 0 Å². The third-order valence-corrected chi connectivity index (χ3v) is 3.30. The van der Waals surface area contributed by atoms with Crippen molar-refractivity contribution in [3.63, 3.8) is 0 Å². The summed E-state index contributed by atoms with van der Waals surface area (Å²) in [7, 11) is 0. The third kappa shape index (κ3) is 2.08. The Morgan fingerprint density at radius 1 is 1.53 bits per heavy atom. The number of cyclic esters (lactones) is 1. The summed E-state index contributed by atoms with van der Waals surface area (Å²) in [4.78, 5) is 15.8. The van der Waals surface area contributed by atoms with Crippen LogP contribution in [-0.2, 0) is 4.74 Å². The van der Waals surface area contributed by atoms with Crippen molar-refractivity contribution in [3.05, 3.63) is 0 Å². The summed E-state index contributed by atoms with van der Waals surface area (Å²) in [5.41, 5.74) is 5.50. The van der Waals surface area contributed by atoms with Crippen molar-refractivity contribution in [1.29, 1.82) is 0 Å². The number of nitrogens with two attached hydrogens (primary N) is 1. The maximum atomic E-state index is 11.6. The minimum atomic E-state index is -0.187. The lowest BCUT2D eigenvalue weighted by atomic mass is 10.2. The van der Waals surface area contributed by atoms with Crippen LogP contribution in [0.2, 0.25) is 0 Å². The zero-order chi connectivity index (χ0) is 10.8. The van der Waals surface area contributed by atoms with Crippen molar-refractivity contribution in [1.82, 2.24) is 9.80 Å². The summed E-state index contributed by atoms with van der Waals surface area (Å²) in [6.45, 7) is 6.35. The Morgan fingerprint density at radius 3 is 2.87 bits per heavy atom. The largest absolute Gasteiger partial charge is 0.443 e. The van der Waals surface area contributed by atoms with Gasteiger partial charge in [-0.25, -0.2) is 4.79 Å². The van der Waals surface area contributed by atoms with Gasteiger partial charge in [0.2, 0.25) is 0 Å². The molecular weight excluding hydrogens is 194 g/mol. The Labute approximate surface area is 90.1 Å². The fourth-order valence-electron chi connectivity index (χ4n) is 2.32. The highest BCUT2D eigenvalue weighted by Gasteiger charge is 2.37. The Morgan fingerprint density at radius 2 is 2.33 bits per heavy atom. The third-order valence-electron chi connectivity index (χ3n) is 3.30. The average Bonchev–Trinajstić information content (AvgIpc) is 2.83. The summed E-state index contributed by atoms with van der Waals surface area (Å²) >= 11 is 0. The van der Waals surface area contributed by atoms with Gasteiger partial charge in [0.25, 0.3) is 0 Å². The molecule has 0 aromatic carbocycles. The summed E-state index contributed by atoms with van der Waals surface area (Å²) < 4.78 is 5.15. The molecule has 2 fully saturated rings. The van der Waals surface area contributed by atoms with E-state index in [2.05, 4.69) is 11.8 Å². The molecule has 0 spiro atoms. The molecule has 2 aliphatic heterocycles. The highest BCUT2D eigenvalue weighted by Crippen LogP contribution is 2.21. The molecule has 2 heterocycles. The molecule has 0 aromatic heterocycles. The van der Waals surface area contributed by atoms with E-state index < -0.39 is 0 Å². The van der Waals surface area contributed by atoms with E-state index in [1.54, 1.807) is 0 Å². The van der Waals surface area contributed by atoms with Crippen LogP contribution in [0.5, 0.6) is 0 Å². The maximum absolute atomic E-state index is 11.6. The fraction of sp³-hybridized carbons (Fsp3) is 0.900. The van der Waals surface area contributed by atoms with Crippen LogP contribution in [0.1, 0.15) is 13.3 Å². The van der Waals surface area contributed by atoms with Crippen molar-refractivity contribution < 1.29 is 9.53 Å². The van der Waals surface area contributed by atoms with Crippen molar-refractivity contribution in [2.75, 3.05) is 32.7 Å². The molecule has 2 saturated heterocycles. The van der Waals surface area contributed by atoms with E-state index in [0.29, 0.717) is 19.1 Å². The molecule has 0 aliphatic carbocycles. The fourth-order valence-corrected chi connectivity index (χ4v) is 2.32. The van der Waals surface area contributed by atoms with Gasteiger partial charge < -0.3 is 20.3 Å². The Kier molecular flexibility index (Phi) is 3.11. The van der Waals surface area contributed by atoms with E-state index in [0.717, 1.165) is 26.1 Å². The second-order valence-corrected chi connectivity index (χ2v) is 4.23. The molecule has 1 unspecified atom stereocenters. The monoisotopic (exact) mass is 213 g/mol. The molecule has 1 amide bonds. The number of ether oxygens (including phenoxy) is 1. The lowest BCUT2D eigenvalue weighted by molar-refractivity contribution is 0.130. The highest BCUT2D eigenvalue weighted by atomic mass is 16.6. The van der Waals surface area contributed by atoms with Gasteiger partial charge in [0, 0.05) is 25.7 Å². The van der Waals surface area contributed by atoms with Gasteiger partial charge in [0.1, 0.15) is 6.10 Å². The van der Waals surface area contributed by atoms with E-state index in [4.69, 9.17) is 10.5 Å². The molecule has 0 bridgehead atoms. The van der Waals surface area contributed by atoms with Crippen molar-refractivity contribution in [2.24, 2.45) is 5.73 Å². The van der Waals surface area contributed by atoms with Crippen molar-refractivity contribution >= 4 is 6.09 Å². The summed E-state index contributed by atoms with van der Waals surface area (Å²) in [6, 6.07) is 0.328. The van der Waals surface area contributed by atoms with Gasteiger partial charge in [-0.2, -0.15) is 0 Å². The summed E-state index contributed by atoms with van der Waals surface area (Å²) in [5.74, 6) is 0. The standard InChI is InChI=1S/C10H19N3O2/c1-2-12-4-3-8(6-12)13-7-9(5-11)15-10(13)14/h8-9H,2-7,11H2,1H3/t8?,9-/m0/s1. The minimum absolute atomic E-state index is 0.104. The first-order chi connectivity index (χ1) is 7.24. The molecular formula is C10H19N3O2. The quantitative estimate of drug-likeness (QED) is 0.709. The second kappa shape index (κ2) is 4.37. The van der Waals surface area contributed by atoms with Crippen LogP contribution in [-0.4, -0.2) is 60.8 Å². The number of rotatable bonds is 3. The van der Waals surface area contributed by atoms with E-state index in [1.165, 1.54) is 0 Å². The van der Waals surface area contributed by atoms with E-state index >= 15 is 0 Å². The van der Waals surface area contributed by atoms with E-state index in [-0.39, 0.29) is 12.2 Å². The molecule has 2 aliphatic rings. The predicted octanol–water partition coefficient (Wildman–Crippen LogP) is -0.140. The minimum Gasteiger partial charge on any atom is -0.443 e. The summed E-state index contributed by atoms with van der Waals surface area (Å²) in [6.07, 6.45) is 0.766. The molecule has 86 valence electrons. The molecule has 0 aromatic rings. The molecule has 0 radical (unpaired) electrons. The zero-order valence-corrected chi connectivity index (χ0v) is 9.19. The molecule has 2 atom stereocenters. The number of carbonyl (C=O) groups is 1. The zero-order valence-electron chi connectivity index (χ0n) is 9.19. The SMILES string of the molecule is CCN1CCC(N2C[C@H](CN)OC2=O)C1. The van der Waals surface area contributed by atoms with Gasteiger partial charge >= 0.3 is 6.09 Å². The first kappa shape index (κ1) is 10.7. The molecule has 5 nitrogen and oxygen atoms in total. The van der Waals surface area contributed by atoms with Gasteiger partial charge in [-0.15, -0.1) is 0 Å². The number of likely N-dealkylation sites (tertiary alicyclic amines) is 1. The first-order valence-corrected chi connectivity index (χ1v) is 5.64. The van der Waals surface area contributed by atoms with Gasteiger partial charge in [-0.1, -0.05) is 6.92 Å². The van der Waals surface area contributed by atoms with Crippen molar-refractivity contribution in [3.8, 4) is 0 Å². The van der Waals surface area contributed by atoms with Crippen LogP contribution in [0.25, 0.3) is 0 Å². The number of hydrogen-bond acceptors (Lipinski definition) is 4. The number of likely N-dealkylation sites (N-methyl/N-ethyl adjacent to an activating group) is 1. The van der Waals surface area contributed by atoms with Crippen LogP contribution in [0.15, 0.2) is 0 Å². The molecule has 0 saturated carbocycles. The van der Waals surface area contributed by atoms with E-state index in [9.17, 15) is 4.79 Å². The van der Waals surface area contributed by atoms with Gasteiger partial charge in [-0.05, 0) is 13.0 Å². The molecule has 15 heavy (non-hydrogen) atoms. The van der Waals surface area contributed by atoms with Gasteiger partial charge in [-0.3, -0.25) is 0 Å². The second-order valence-electron chi connectivity index (χ2n) is 4.23. The average molecular weight is 213 g/mol. The normalized spacial score (nSPS) is 32.4.